The molecule has 3 aromatic heterocycles. The lowest BCUT2D eigenvalue weighted by molar-refractivity contribution is 1.15. The molecule has 0 unspecified atom stereocenters. The van der Waals surface area contributed by atoms with Gasteiger partial charge in [-0.2, -0.15) is 0 Å². The third-order valence-electron chi connectivity index (χ3n) is 19.0. The summed E-state index contributed by atoms with van der Waals surface area (Å²) in [5, 5.41) is 7.66. The fourth-order valence-corrected chi connectivity index (χ4v) is 18.0. The molecule has 0 aliphatic carbocycles. The van der Waals surface area contributed by atoms with Crippen LogP contribution in [0.1, 0.15) is 0 Å². The summed E-state index contributed by atoms with van der Waals surface area (Å²) in [6.07, 6.45) is 0. The van der Waals surface area contributed by atoms with Gasteiger partial charge in [0, 0.05) is 114 Å². The fourth-order valence-electron chi connectivity index (χ4n) is 15.6. The van der Waals surface area contributed by atoms with E-state index in [1.165, 1.54) is 129 Å². The maximum Gasteiger partial charge on any atom is 0.249 e. The van der Waals surface area contributed by atoms with E-state index in [2.05, 4.69) is 309 Å². The molecule has 0 amide bonds. The molecule has 4 aliphatic heterocycles. The molecule has 20 rings (SSSR count). The second kappa shape index (κ2) is 18.1. The molecule has 7 heterocycles. The number of para-hydroxylation sites is 9. The molecule has 4 aliphatic rings. The number of hydrogen-bond acceptors (Lipinski definition) is 4. The van der Waals surface area contributed by atoms with Crippen molar-refractivity contribution in [2.75, 3.05) is 9.80 Å². The summed E-state index contributed by atoms with van der Waals surface area (Å²) in [7, 11) is 0. The summed E-state index contributed by atoms with van der Waals surface area (Å²) in [5.41, 5.74) is 26.0. The Morgan fingerprint density at radius 1 is 0.253 bits per heavy atom. The lowest BCUT2D eigenvalue weighted by atomic mass is 9.35. The first-order chi connectivity index (χ1) is 43.2. The highest BCUT2D eigenvalue weighted by Crippen LogP contribution is 2.48. The Bertz CT molecular complexity index is 5200. The third kappa shape index (κ3) is 6.70. The van der Waals surface area contributed by atoms with Crippen LogP contribution in [-0.4, -0.2) is 27.1 Å². The summed E-state index contributed by atoms with van der Waals surface area (Å²) in [6.45, 7) is -0.0217. The first kappa shape index (κ1) is 48.0. The van der Waals surface area contributed by atoms with Crippen LogP contribution in [0.25, 0.3) is 82.5 Å². The van der Waals surface area contributed by atoms with Gasteiger partial charge in [-0.3, -0.25) is 0 Å². The van der Waals surface area contributed by atoms with Crippen molar-refractivity contribution in [1.82, 2.24) is 13.7 Å². The number of benzene rings is 13. The molecule has 0 saturated carbocycles. The second-order valence-electron chi connectivity index (χ2n) is 23.5. The minimum atomic E-state index is -0.0109. The highest BCUT2D eigenvalue weighted by molar-refractivity contribution is 8.00. The summed E-state index contributed by atoms with van der Waals surface area (Å²) in [6, 6.07) is 107. The van der Waals surface area contributed by atoms with E-state index in [9.17, 15) is 0 Å². The number of nitrogens with zero attached hydrogens (tertiary/aromatic N) is 5. The maximum atomic E-state index is 2.61. The summed E-state index contributed by atoms with van der Waals surface area (Å²) in [4.78, 5) is 9.98. The Hall–Kier alpha value is -10.3. The molecule has 9 heteroatoms. The predicted octanol–water partition coefficient (Wildman–Crippen LogP) is 16.5. The van der Waals surface area contributed by atoms with E-state index in [4.69, 9.17) is 0 Å². The van der Waals surface area contributed by atoms with Gasteiger partial charge in [0.15, 0.2) is 0 Å². The Kier molecular flexibility index (Phi) is 9.99. The molecular formula is C78H47B2N5S2. The van der Waals surface area contributed by atoms with E-state index in [-0.39, 0.29) is 13.4 Å². The van der Waals surface area contributed by atoms with Gasteiger partial charge in [0.1, 0.15) is 0 Å². The van der Waals surface area contributed by atoms with Crippen molar-refractivity contribution < 1.29 is 0 Å². The molecular weight excluding hydrogens is 1090 g/mol. The van der Waals surface area contributed by atoms with Gasteiger partial charge < -0.3 is 23.5 Å². The Balaban J connectivity index is 0.855. The largest absolute Gasteiger partial charge is 0.310 e. The van der Waals surface area contributed by atoms with Gasteiger partial charge in [0.2, 0.25) is 13.4 Å². The molecule has 0 N–H and O–H groups in total. The molecule has 0 spiro atoms. The Morgan fingerprint density at radius 3 is 1.03 bits per heavy atom. The van der Waals surface area contributed by atoms with Crippen LogP contribution in [0.2, 0.25) is 0 Å². The van der Waals surface area contributed by atoms with Crippen molar-refractivity contribution in [1.29, 1.82) is 0 Å². The van der Waals surface area contributed by atoms with Crippen molar-refractivity contribution in [3.63, 3.8) is 0 Å². The van der Waals surface area contributed by atoms with Gasteiger partial charge in [0.25, 0.3) is 0 Å². The van der Waals surface area contributed by atoms with Gasteiger partial charge >= 0.3 is 0 Å². The molecule has 0 saturated heterocycles. The Morgan fingerprint density at radius 2 is 0.621 bits per heavy atom. The first-order valence-electron chi connectivity index (χ1n) is 30.0. The van der Waals surface area contributed by atoms with Crippen LogP contribution in [0.3, 0.4) is 0 Å². The fraction of sp³-hybridized carbons (Fsp3) is 0. The lowest BCUT2D eigenvalue weighted by Gasteiger charge is -2.35. The van der Waals surface area contributed by atoms with E-state index in [1.807, 2.05) is 23.5 Å². The molecule has 0 bridgehead atoms. The third-order valence-corrected chi connectivity index (χ3v) is 21.3. The van der Waals surface area contributed by atoms with Crippen LogP contribution in [0, 0.1) is 0 Å². The highest BCUT2D eigenvalue weighted by atomic mass is 32.2. The molecule has 0 fully saturated rings. The predicted molar refractivity (Wildman–Crippen MR) is 369 cm³/mol. The average molecular weight is 1140 g/mol. The highest BCUT2D eigenvalue weighted by Gasteiger charge is 2.43. The summed E-state index contributed by atoms with van der Waals surface area (Å²) < 4.78 is 7.73. The molecule has 402 valence electrons. The summed E-state index contributed by atoms with van der Waals surface area (Å²) >= 11 is 3.86. The van der Waals surface area contributed by atoms with E-state index < -0.39 is 0 Å². The van der Waals surface area contributed by atoms with Crippen molar-refractivity contribution in [2.45, 2.75) is 19.6 Å². The zero-order valence-corrected chi connectivity index (χ0v) is 48.5. The first-order valence-corrected chi connectivity index (χ1v) is 31.6. The standard InChI is InChI=1S/C78H47B2N5S2/c1-6-22-48(23-7-1)81(49-24-8-2-9-25-49)53-40-69-75-73(42-53)86-71-46-67-59(44-63(71)79(75)61-36-20-34-57-55-32-16-18-38-65(55)84(69)77(57)61)60-45-64-72(47-68(60)83(67)52-30-14-5-15-31-52)87-74-43-54(82(50-26-10-3-11-27-50)51-28-12-4-13-29-51)41-70-76(74)80(64)62-37-21-35-58-56-33-17-19-39-66(56)85(70)78(58)62/h1-47H. The van der Waals surface area contributed by atoms with Gasteiger partial charge in [-0.25, -0.2) is 0 Å². The molecule has 5 nitrogen and oxygen atoms in total. The number of fused-ring (bicyclic) bond motifs is 17. The zero-order chi connectivity index (χ0) is 56.6. The van der Waals surface area contributed by atoms with Crippen LogP contribution in [0.15, 0.2) is 305 Å². The maximum absolute atomic E-state index is 2.61. The molecule has 0 atom stereocenters. The van der Waals surface area contributed by atoms with Gasteiger partial charge in [-0.1, -0.05) is 210 Å². The molecule has 13 aromatic carbocycles. The number of hydrogen-bond donors (Lipinski definition) is 0. The van der Waals surface area contributed by atoms with Crippen LogP contribution < -0.4 is 42.6 Å². The second-order valence-corrected chi connectivity index (χ2v) is 25.7. The molecule has 0 radical (unpaired) electrons. The van der Waals surface area contributed by atoms with Crippen LogP contribution in [0.5, 0.6) is 0 Å². The SMILES string of the molecule is c1ccc(N(c2ccccc2)c2cc3c4c(c2)-n2c5ccccc5c5cccc(c52)B4c2cc4c5cc6c(cc5n(-c5ccccc5)c4cc2S3)Sc2cc(N(c3ccccc3)c3ccccc3)cc3c2B6c2cccc4c5ccccc5n-3c24)cc1. The average Bonchev–Trinajstić information content (AvgIpc) is 1.69. The number of rotatable bonds is 7. The monoisotopic (exact) mass is 1140 g/mol. The lowest BCUT2D eigenvalue weighted by Crippen LogP contribution is -2.58. The number of aromatic nitrogens is 3. The normalized spacial score (nSPS) is 13.1. The zero-order valence-electron chi connectivity index (χ0n) is 46.8. The van der Waals surface area contributed by atoms with Crippen molar-refractivity contribution in [3.8, 4) is 17.1 Å². The topological polar surface area (TPSA) is 21.3 Å². The minimum Gasteiger partial charge on any atom is -0.310 e. The van der Waals surface area contributed by atoms with Crippen molar-refractivity contribution >= 4 is 169 Å². The van der Waals surface area contributed by atoms with Crippen LogP contribution in [0.4, 0.5) is 34.1 Å². The van der Waals surface area contributed by atoms with E-state index in [0.29, 0.717) is 0 Å². The summed E-state index contributed by atoms with van der Waals surface area (Å²) in [5.74, 6) is 0. The number of anilines is 6. The quantitative estimate of drug-likeness (QED) is 0.148. The van der Waals surface area contributed by atoms with Crippen LogP contribution in [-0.2, 0) is 0 Å². The van der Waals surface area contributed by atoms with Crippen LogP contribution >= 0.6 is 23.5 Å². The Labute approximate surface area is 511 Å². The van der Waals surface area contributed by atoms with Gasteiger partial charge in [-0.15, -0.1) is 0 Å². The van der Waals surface area contributed by atoms with Gasteiger partial charge in [-0.05, 0) is 131 Å². The van der Waals surface area contributed by atoms with Gasteiger partial charge in [0.05, 0.1) is 22.1 Å². The van der Waals surface area contributed by atoms with E-state index >= 15 is 0 Å². The molecule has 87 heavy (non-hydrogen) atoms. The smallest absolute Gasteiger partial charge is 0.249 e. The minimum absolute atomic E-state index is 0.0109. The van der Waals surface area contributed by atoms with E-state index in [0.717, 1.165) is 39.8 Å². The van der Waals surface area contributed by atoms with Crippen molar-refractivity contribution in [3.05, 3.63) is 285 Å². The van der Waals surface area contributed by atoms with E-state index in [1.54, 1.807) is 0 Å². The molecule has 16 aromatic rings. The van der Waals surface area contributed by atoms with Crippen molar-refractivity contribution in [2.24, 2.45) is 0 Å².